The molecule has 0 aromatic heterocycles. The molecule has 3 heteroatoms. The number of nitrogens with zero attached hydrogens (tertiary/aromatic N) is 2. The third-order valence-corrected chi connectivity index (χ3v) is 3.69. The average Bonchev–Trinajstić information content (AvgIpc) is 2.74. The molecule has 0 radical (unpaired) electrons. The minimum absolute atomic E-state index is 0.849. The summed E-state index contributed by atoms with van der Waals surface area (Å²) in [5.41, 5.74) is 0. The molecule has 2 rings (SSSR count). The van der Waals surface area contributed by atoms with Crippen LogP contribution >= 0.6 is 0 Å². The van der Waals surface area contributed by atoms with Gasteiger partial charge in [0.05, 0.1) is 0 Å². The highest BCUT2D eigenvalue weighted by Gasteiger charge is 2.31. The van der Waals surface area contributed by atoms with E-state index in [1.165, 1.54) is 45.6 Å². The van der Waals surface area contributed by atoms with Crippen LogP contribution in [0.25, 0.3) is 0 Å². The van der Waals surface area contributed by atoms with Crippen molar-refractivity contribution >= 4 is 0 Å². The SMILES string of the molecule is CNCC1CCN(C2CCN(C)C2)C1. The van der Waals surface area contributed by atoms with Gasteiger partial charge in [0, 0.05) is 19.1 Å². The Morgan fingerprint density at radius 1 is 1.21 bits per heavy atom. The number of nitrogens with one attached hydrogen (secondary N) is 1. The summed E-state index contributed by atoms with van der Waals surface area (Å²) in [5.74, 6) is 0.894. The zero-order valence-corrected chi connectivity index (χ0v) is 9.50. The summed E-state index contributed by atoms with van der Waals surface area (Å²) in [6, 6.07) is 0.849. The Kier molecular flexibility index (Phi) is 3.42. The van der Waals surface area contributed by atoms with Crippen LogP contribution in [0, 0.1) is 5.92 Å². The van der Waals surface area contributed by atoms with E-state index in [-0.39, 0.29) is 0 Å². The van der Waals surface area contributed by atoms with Crippen LogP contribution in [-0.4, -0.2) is 62.7 Å². The first-order chi connectivity index (χ1) is 6.79. The molecule has 2 aliphatic heterocycles. The lowest BCUT2D eigenvalue weighted by Gasteiger charge is -2.23. The van der Waals surface area contributed by atoms with E-state index in [0.29, 0.717) is 0 Å². The van der Waals surface area contributed by atoms with Crippen molar-refractivity contribution in [3.63, 3.8) is 0 Å². The third kappa shape index (κ3) is 2.27. The van der Waals surface area contributed by atoms with Crippen LogP contribution in [0.2, 0.25) is 0 Å². The van der Waals surface area contributed by atoms with E-state index >= 15 is 0 Å². The molecule has 2 unspecified atom stereocenters. The van der Waals surface area contributed by atoms with Crippen LogP contribution in [0.15, 0.2) is 0 Å². The number of hydrogen-bond acceptors (Lipinski definition) is 3. The van der Waals surface area contributed by atoms with Gasteiger partial charge in [-0.1, -0.05) is 0 Å². The van der Waals surface area contributed by atoms with Crippen molar-refractivity contribution < 1.29 is 0 Å². The topological polar surface area (TPSA) is 18.5 Å². The Hall–Kier alpha value is -0.120. The Morgan fingerprint density at radius 3 is 2.71 bits per heavy atom. The van der Waals surface area contributed by atoms with E-state index in [2.05, 4.69) is 29.2 Å². The molecular weight excluding hydrogens is 174 g/mol. The van der Waals surface area contributed by atoms with Crippen LogP contribution in [0.4, 0.5) is 0 Å². The van der Waals surface area contributed by atoms with Gasteiger partial charge in [-0.25, -0.2) is 0 Å². The van der Waals surface area contributed by atoms with Crippen LogP contribution in [-0.2, 0) is 0 Å². The predicted octanol–water partition coefficient (Wildman–Crippen LogP) is 0.232. The van der Waals surface area contributed by atoms with Gasteiger partial charge in [-0.05, 0) is 52.5 Å². The second-order valence-corrected chi connectivity index (χ2v) is 4.91. The lowest BCUT2D eigenvalue weighted by atomic mass is 10.1. The van der Waals surface area contributed by atoms with Crippen molar-refractivity contribution in [3.8, 4) is 0 Å². The second kappa shape index (κ2) is 4.60. The Labute approximate surface area is 87.4 Å². The lowest BCUT2D eigenvalue weighted by Crippen LogP contribution is -2.36. The molecule has 0 aromatic rings. The molecule has 2 aliphatic rings. The zero-order valence-electron chi connectivity index (χ0n) is 9.50. The summed E-state index contributed by atoms with van der Waals surface area (Å²) >= 11 is 0. The fourth-order valence-electron chi connectivity index (χ4n) is 2.86. The molecule has 2 saturated heterocycles. The molecule has 1 N–H and O–H groups in total. The minimum atomic E-state index is 0.849. The first-order valence-corrected chi connectivity index (χ1v) is 5.87. The standard InChI is InChI=1S/C11H23N3/c1-12-7-10-3-6-14(8-10)11-4-5-13(2)9-11/h10-12H,3-9H2,1-2H3. The quantitative estimate of drug-likeness (QED) is 0.699. The molecule has 0 amide bonds. The van der Waals surface area contributed by atoms with Gasteiger partial charge < -0.3 is 10.2 Å². The van der Waals surface area contributed by atoms with Crippen molar-refractivity contribution in [2.45, 2.75) is 18.9 Å². The molecule has 82 valence electrons. The van der Waals surface area contributed by atoms with Crippen LogP contribution in [0.3, 0.4) is 0 Å². The molecule has 3 nitrogen and oxygen atoms in total. The molecule has 0 aromatic carbocycles. The first kappa shape index (κ1) is 10.4. The van der Waals surface area contributed by atoms with Gasteiger partial charge in [0.2, 0.25) is 0 Å². The lowest BCUT2D eigenvalue weighted by molar-refractivity contribution is 0.234. The van der Waals surface area contributed by atoms with Crippen molar-refractivity contribution in [1.29, 1.82) is 0 Å². The fraction of sp³-hybridized carbons (Fsp3) is 1.00. The van der Waals surface area contributed by atoms with Gasteiger partial charge in [-0.2, -0.15) is 0 Å². The molecule has 14 heavy (non-hydrogen) atoms. The summed E-state index contributed by atoms with van der Waals surface area (Å²) in [4.78, 5) is 5.15. The van der Waals surface area contributed by atoms with Crippen LogP contribution < -0.4 is 5.32 Å². The highest BCUT2D eigenvalue weighted by atomic mass is 15.3. The first-order valence-electron chi connectivity index (χ1n) is 5.87. The summed E-state index contributed by atoms with van der Waals surface area (Å²) in [5, 5.41) is 3.29. The van der Waals surface area contributed by atoms with Crippen LogP contribution in [0.5, 0.6) is 0 Å². The van der Waals surface area contributed by atoms with Crippen molar-refractivity contribution in [2.75, 3.05) is 46.8 Å². The Morgan fingerprint density at radius 2 is 2.07 bits per heavy atom. The van der Waals surface area contributed by atoms with Gasteiger partial charge in [-0.3, -0.25) is 4.90 Å². The molecule has 0 aliphatic carbocycles. The highest BCUT2D eigenvalue weighted by Crippen LogP contribution is 2.22. The van der Waals surface area contributed by atoms with E-state index in [0.717, 1.165) is 12.0 Å². The van der Waals surface area contributed by atoms with E-state index in [4.69, 9.17) is 0 Å². The van der Waals surface area contributed by atoms with Crippen molar-refractivity contribution in [1.82, 2.24) is 15.1 Å². The summed E-state index contributed by atoms with van der Waals surface area (Å²) in [6.45, 7) is 6.41. The van der Waals surface area contributed by atoms with Crippen molar-refractivity contribution in [3.05, 3.63) is 0 Å². The largest absolute Gasteiger partial charge is 0.319 e. The van der Waals surface area contributed by atoms with E-state index < -0.39 is 0 Å². The zero-order chi connectivity index (χ0) is 9.97. The van der Waals surface area contributed by atoms with Crippen LogP contribution in [0.1, 0.15) is 12.8 Å². The highest BCUT2D eigenvalue weighted by molar-refractivity contribution is 4.87. The third-order valence-electron chi connectivity index (χ3n) is 3.69. The smallest absolute Gasteiger partial charge is 0.0235 e. The second-order valence-electron chi connectivity index (χ2n) is 4.91. The number of hydrogen-bond donors (Lipinski definition) is 1. The molecule has 2 atom stereocenters. The van der Waals surface area contributed by atoms with E-state index in [1.807, 2.05) is 0 Å². The summed E-state index contributed by atoms with van der Waals surface area (Å²) in [7, 11) is 4.30. The fourth-order valence-corrected chi connectivity index (χ4v) is 2.86. The maximum atomic E-state index is 3.29. The number of rotatable bonds is 3. The molecular formula is C11H23N3. The molecule has 0 saturated carbocycles. The van der Waals surface area contributed by atoms with Gasteiger partial charge >= 0.3 is 0 Å². The molecule has 0 bridgehead atoms. The van der Waals surface area contributed by atoms with Gasteiger partial charge in [0.1, 0.15) is 0 Å². The van der Waals surface area contributed by atoms with Gasteiger partial charge in [0.25, 0.3) is 0 Å². The minimum Gasteiger partial charge on any atom is -0.319 e. The normalized spacial score (nSPS) is 35.6. The molecule has 2 heterocycles. The van der Waals surface area contributed by atoms with E-state index in [1.54, 1.807) is 0 Å². The van der Waals surface area contributed by atoms with Crippen molar-refractivity contribution in [2.24, 2.45) is 5.92 Å². The van der Waals surface area contributed by atoms with Gasteiger partial charge in [0.15, 0.2) is 0 Å². The number of likely N-dealkylation sites (tertiary alicyclic amines) is 2. The average molecular weight is 197 g/mol. The Bertz CT molecular complexity index is 183. The predicted molar refractivity (Wildman–Crippen MR) is 59.5 cm³/mol. The maximum absolute atomic E-state index is 3.29. The van der Waals surface area contributed by atoms with E-state index in [9.17, 15) is 0 Å². The summed E-state index contributed by atoms with van der Waals surface area (Å²) < 4.78 is 0. The maximum Gasteiger partial charge on any atom is 0.0235 e. The molecule has 0 spiro atoms. The summed E-state index contributed by atoms with van der Waals surface area (Å²) in [6.07, 6.45) is 2.77. The number of likely N-dealkylation sites (N-methyl/N-ethyl adjacent to an activating group) is 1. The Balaban J connectivity index is 1.78. The monoisotopic (exact) mass is 197 g/mol. The molecule has 2 fully saturated rings. The van der Waals surface area contributed by atoms with Gasteiger partial charge in [-0.15, -0.1) is 0 Å².